The van der Waals surface area contributed by atoms with Crippen molar-refractivity contribution in [3.63, 3.8) is 0 Å². The predicted molar refractivity (Wildman–Crippen MR) is 74.2 cm³/mol. The number of carbonyl (C=O) groups is 1. The lowest BCUT2D eigenvalue weighted by atomic mass is 9.82. The molecule has 100 valence electrons. The van der Waals surface area contributed by atoms with E-state index in [1.54, 1.807) is 18.2 Å². The summed E-state index contributed by atoms with van der Waals surface area (Å²) in [6.45, 7) is 4.71. The van der Waals surface area contributed by atoms with Gasteiger partial charge in [0.25, 0.3) is 5.91 Å². The molecule has 18 heavy (non-hydrogen) atoms. The number of primary amides is 1. The van der Waals surface area contributed by atoms with E-state index in [9.17, 15) is 4.79 Å². The van der Waals surface area contributed by atoms with E-state index >= 15 is 0 Å². The molecule has 3 nitrogen and oxygen atoms in total. The van der Waals surface area contributed by atoms with Crippen LogP contribution in [0.25, 0.3) is 0 Å². The lowest BCUT2D eigenvalue weighted by molar-refractivity contribution is 0.0995. The molecule has 1 aliphatic rings. The molecule has 0 unspecified atom stereocenters. The Morgan fingerprint density at radius 3 is 2.28 bits per heavy atom. The minimum Gasteiger partial charge on any atom is -0.364 e. The van der Waals surface area contributed by atoms with Gasteiger partial charge in [0, 0.05) is 6.20 Å². The summed E-state index contributed by atoms with van der Waals surface area (Å²) in [5.41, 5.74) is 5.22. The molecule has 2 N–H and O–H groups in total. The summed E-state index contributed by atoms with van der Waals surface area (Å²) in [4.78, 5) is 14.1. The third-order valence-electron chi connectivity index (χ3n) is 3.51. The Hall–Kier alpha value is -1.38. The van der Waals surface area contributed by atoms with Crippen LogP contribution in [0.4, 0.5) is 0 Å². The van der Waals surface area contributed by atoms with E-state index in [0.29, 0.717) is 5.69 Å². The Kier molecular flexibility index (Phi) is 6.40. The van der Waals surface area contributed by atoms with Crippen LogP contribution in [0.3, 0.4) is 0 Å². The number of carbonyl (C=O) groups excluding carboxylic acids is 1. The van der Waals surface area contributed by atoms with Crippen LogP contribution in [0.1, 0.15) is 56.4 Å². The summed E-state index contributed by atoms with van der Waals surface area (Å²) in [6.07, 6.45) is 8.99. The molecule has 1 aromatic rings. The SMILES string of the molecule is CC(C)C1CCCCC1.NC(=O)c1ccccn1. The Morgan fingerprint density at radius 2 is 1.94 bits per heavy atom. The van der Waals surface area contributed by atoms with Gasteiger partial charge in [-0.15, -0.1) is 0 Å². The van der Waals surface area contributed by atoms with Gasteiger partial charge >= 0.3 is 0 Å². The van der Waals surface area contributed by atoms with Gasteiger partial charge in [-0.1, -0.05) is 52.0 Å². The van der Waals surface area contributed by atoms with Crippen molar-refractivity contribution >= 4 is 5.91 Å². The van der Waals surface area contributed by atoms with Gasteiger partial charge in [-0.05, 0) is 24.0 Å². The minimum atomic E-state index is -0.490. The maximum atomic E-state index is 10.4. The van der Waals surface area contributed by atoms with Crippen LogP contribution < -0.4 is 5.73 Å². The number of nitrogens with zero attached hydrogens (tertiary/aromatic N) is 1. The lowest BCUT2D eigenvalue weighted by Crippen LogP contribution is -2.12. The van der Waals surface area contributed by atoms with Crippen molar-refractivity contribution in [2.75, 3.05) is 0 Å². The quantitative estimate of drug-likeness (QED) is 0.872. The highest BCUT2D eigenvalue weighted by atomic mass is 16.1. The summed E-state index contributed by atoms with van der Waals surface area (Å²) in [6, 6.07) is 5.02. The van der Waals surface area contributed by atoms with Crippen LogP contribution in [-0.2, 0) is 0 Å². The number of aromatic nitrogens is 1. The molecule has 3 heteroatoms. The normalized spacial score (nSPS) is 15.9. The fraction of sp³-hybridized carbons (Fsp3) is 0.600. The van der Waals surface area contributed by atoms with Gasteiger partial charge in [-0.3, -0.25) is 9.78 Å². The topological polar surface area (TPSA) is 56.0 Å². The summed E-state index contributed by atoms with van der Waals surface area (Å²) < 4.78 is 0. The van der Waals surface area contributed by atoms with E-state index in [0.717, 1.165) is 11.8 Å². The lowest BCUT2D eigenvalue weighted by Gasteiger charge is -2.24. The van der Waals surface area contributed by atoms with Gasteiger partial charge in [-0.25, -0.2) is 0 Å². The minimum absolute atomic E-state index is 0.303. The highest BCUT2D eigenvalue weighted by molar-refractivity contribution is 5.90. The third-order valence-corrected chi connectivity index (χ3v) is 3.51. The largest absolute Gasteiger partial charge is 0.364 e. The molecular formula is C15H24N2O. The van der Waals surface area contributed by atoms with E-state index in [2.05, 4.69) is 18.8 Å². The molecule has 1 aliphatic carbocycles. The molecule has 1 amide bonds. The molecule has 1 heterocycles. The number of nitrogens with two attached hydrogens (primary N) is 1. The second-order valence-electron chi connectivity index (χ2n) is 5.22. The monoisotopic (exact) mass is 248 g/mol. The molecule has 0 aliphatic heterocycles. The average molecular weight is 248 g/mol. The maximum absolute atomic E-state index is 10.4. The van der Waals surface area contributed by atoms with Crippen molar-refractivity contribution in [2.24, 2.45) is 17.6 Å². The fourth-order valence-electron chi connectivity index (χ4n) is 2.31. The molecule has 1 fully saturated rings. The molecule has 1 saturated carbocycles. The van der Waals surface area contributed by atoms with Crippen molar-refractivity contribution in [1.29, 1.82) is 0 Å². The first kappa shape index (κ1) is 14.7. The van der Waals surface area contributed by atoms with Crippen molar-refractivity contribution in [3.05, 3.63) is 30.1 Å². The maximum Gasteiger partial charge on any atom is 0.267 e. The number of rotatable bonds is 2. The van der Waals surface area contributed by atoms with Crippen molar-refractivity contribution in [1.82, 2.24) is 4.98 Å². The first-order valence-electron chi connectivity index (χ1n) is 6.82. The highest BCUT2D eigenvalue weighted by Gasteiger charge is 2.15. The summed E-state index contributed by atoms with van der Waals surface area (Å²) in [5.74, 6) is 1.50. The van der Waals surface area contributed by atoms with Crippen LogP contribution in [-0.4, -0.2) is 10.9 Å². The van der Waals surface area contributed by atoms with Crippen LogP contribution in [0.2, 0.25) is 0 Å². The van der Waals surface area contributed by atoms with Gasteiger partial charge in [0.1, 0.15) is 5.69 Å². The van der Waals surface area contributed by atoms with E-state index in [1.807, 2.05) is 0 Å². The first-order valence-corrected chi connectivity index (χ1v) is 6.82. The van der Waals surface area contributed by atoms with Gasteiger partial charge < -0.3 is 5.73 Å². The zero-order chi connectivity index (χ0) is 13.4. The standard InChI is InChI=1S/C9H18.C6H6N2O/c1-8(2)9-6-4-3-5-7-9;7-6(9)5-3-1-2-4-8-5/h8-9H,3-7H2,1-2H3;1-4H,(H2,7,9). The number of hydrogen-bond donors (Lipinski definition) is 1. The average Bonchev–Trinajstić information content (AvgIpc) is 2.41. The van der Waals surface area contributed by atoms with Crippen molar-refractivity contribution in [2.45, 2.75) is 46.0 Å². The van der Waals surface area contributed by atoms with Crippen molar-refractivity contribution < 1.29 is 4.79 Å². The predicted octanol–water partition coefficient (Wildman–Crippen LogP) is 3.40. The van der Waals surface area contributed by atoms with E-state index in [-0.39, 0.29) is 0 Å². The van der Waals surface area contributed by atoms with Gasteiger partial charge in [0.2, 0.25) is 0 Å². The van der Waals surface area contributed by atoms with E-state index in [4.69, 9.17) is 5.73 Å². The van der Waals surface area contributed by atoms with Crippen LogP contribution in [0.5, 0.6) is 0 Å². The Bertz CT molecular complexity index is 343. The zero-order valence-corrected chi connectivity index (χ0v) is 11.4. The molecule has 0 radical (unpaired) electrons. The zero-order valence-electron chi connectivity index (χ0n) is 11.4. The molecule has 0 saturated heterocycles. The van der Waals surface area contributed by atoms with Crippen LogP contribution in [0, 0.1) is 11.8 Å². The van der Waals surface area contributed by atoms with Crippen LogP contribution in [0.15, 0.2) is 24.4 Å². The fourth-order valence-corrected chi connectivity index (χ4v) is 2.31. The number of hydrogen-bond acceptors (Lipinski definition) is 2. The molecule has 0 atom stereocenters. The van der Waals surface area contributed by atoms with E-state index < -0.39 is 5.91 Å². The first-order chi connectivity index (χ1) is 8.61. The van der Waals surface area contributed by atoms with Gasteiger partial charge in [-0.2, -0.15) is 0 Å². The molecule has 0 bridgehead atoms. The number of amides is 1. The molecular weight excluding hydrogens is 224 g/mol. The van der Waals surface area contributed by atoms with Gasteiger partial charge in [0.15, 0.2) is 0 Å². The molecule has 0 aromatic carbocycles. The summed E-state index contributed by atoms with van der Waals surface area (Å²) in [7, 11) is 0. The highest BCUT2D eigenvalue weighted by Crippen LogP contribution is 2.29. The van der Waals surface area contributed by atoms with Crippen LogP contribution >= 0.6 is 0 Å². The molecule has 1 aromatic heterocycles. The second-order valence-corrected chi connectivity index (χ2v) is 5.22. The van der Waals surface area contributed by atoms with Gasteiger partial charge in [0.05, 0.1) is 0 Å². The Labute approximate surface area is 110 Å². The van der Waals surface area contributed by atoms with Crippen molar-refractivity contribution in [3.8, 4) is 0 Å². The molecule has 2 rings (SSSR count). The Morgan fingerprint density at radius 1 is 1.28 bits per heavy atom. The molecule has 0 spiro atoms. The Balaban J connectivity index is 0.000000180. The smallest absolute Gasteiger partial charge is 0.267 e. The second kappa shape index (κ2) is 7.85. The third kappa shape index (κ3) is 5.30. The van der Waals surface area contributed by atoms with E-state index in [1.165, 1.54) is 38.3 Å². The number of pyridine rings is 1. The summed E-state index contributed by atoms with van der Waals surface area (Å²) in [5, 5.41) is 0. The summed E-state index contributed by atoms with van der Waals surface area (Å²) >= 11 is 0.